The van der Waals surface area contributed by atoms with Gasteiger partial charge in [-0.25, -0.2) is 0 Å². The number of halogens is 2. The molecule has 1 atom stereocenters. The van der Waals surface area contributed by atoms with Crippen molar-refractivity contribution >= 4 is 32.9 Å². The minimum Gasteiger partial charge on any atom is -0.504 e. The Bertz CT molecular complexity index is 294. The molecular formula is C9H13Br2NO2. The Labute approximate surface area is 102 Å². The summed E-state index contributed by atoms with van der Waals surface area (Å²) in [5.74, 6) is -0.175. The number of benzene rings is 1. The number of alkyl halides is 1. The van der Waals surface area contributed by atoms with Crippen LogP contribution in [0.3, 0.4) is 0 Å². The normalized spacial score (nSPS) is 11.9. The first-order valence-corrected chi connectivity index (χ1v) is 4.87. The number of nitrogens with one attached hydrogen (secondary N) is 1. The Kier molecular flexibility index (Phi) is 6.15. The van der Waals surface area contributed by atoms with Crippen LogP contribution in [0.5, 0.6) is 11.5 Å². The lowest BCUT2D eigenvalue weighted by atomic mass is 10.1. The summed E-state index contributed by atoms with van der Waals surface area (Å²) in [6.45, 7) is 0.768. The van der Waals surface area contributed by atoms with Crippen molar-refractivity contribution in [1.82, 2.24) is 5.32 Å². The summed E-state index contributed by atoms with van der Waals surface area (Å²) >= 11 is 3.45. The zero-order valence-corrected chi connectivity index (χ0v) is 11.0. The molecule has 0 aliphatic rings. The zero-order chi connectivity index (χ0) is 9.84. The maximum atomic E-state index is 9.23. The van der Waals surface area contributed by atoms with Crippen LogP contribution in [0.15, 0.2) is 18.2 Å². The third-order valence-corrected chi connectivity index (χ3v) is 2.60. The first-order valence-electron chi connectivity index (χ1n) is 3.95. The van der Waals surface area contributed by atoms with E-state index in [1.807, 2.05) is 7.05 Å². The molecule has 0 fully saturated rings. The van der Waals surface area contributed by atoms with E-state index in [2.05, 4.69) is 21.2 Å². The van der Waals surface area contributed by atoms with Gasteiger partial charge in [-0.15, -0.1) is 17.0 Å². The van der Waals surface area contributed by atoms with Gasteiger partial charge in [0.2, 0.25) is 0 Å². The molecule has 0 saturated carbocycles. The molecule has 1 aromatic rings. The van der Waals surface area contributed by atoms with E-state index in [1.54, 1.807) is 12.1 Å². The number of phenolic OH excluding ortho intramolecular Hbond substituents is 2. The summed E-state index contributed by atoms with van der Waals surface area (Å²) in [4.78, 5) is 0.143. The van der Waals surface area contributed by atoms with Gasteiger partial charge in [0.25, 0.3) is 0 Å². The van der Waals surface area contributed by atoms with Gasteiger partial charge in [0.15, 0.2) is 11.5 Å². The molecule has 3 nitrogen and oxygen atoms in total. The second-order valence-electron chi connectivity index (χ2n) is 2.77. The van der Waals surface area contributed by atoms with E-state index in [4.69, 9.17) is 5.11 Å². The second-order valence-corrected chi connectivity index (χ2v) is 3.88. The van der Waals surface area contributed by atoms with E-state index >= 15 is 0 Å². The van der Waals surface area contributed by atoms with Gasteiger partial charge in [0.05, 0.1) is 4.83 Å². The first-order chi connectivity index (χ1) is 6.15. The zero-order valence-electron chi connectivity index (χ0n) is 7.70. The maximum Gasteiger partial charge on any atom is 0.157 e. The fraction of sp³-hybridized carbons (Fsp3) is 0.333. The van der Waals surface area contributed by atoms with Gasteiger partial charge >= 0.3 is 0 Å². The molecule has 1 unspecified atom stereocenters. The fourth-order valence-corrected chi connectivity index (χ4v) is 1.64. The minimum atomic E-state index is -0.0899. The standard InChI is InChI=1S/C9H12BrNO2.BrH/c1-11-5-7(10)6-2-3-8(12)9(13)4-6;/h2-4,7,11-13H,5H2,1H3;1H. The highest BCUT2D eigenvalue weighted by atomic mass is 79.9. The molecule has 80 valence electrons. The van der Waals surface area contributed by atoms with Crippen LogP contribution in [0.2, 0.25) is 0 Å². The Morgan fingerprint density at radius 3 is 2.50 bits per heavy atom. The van der Waals surface area contributed by atoms with Crippen LogP contribution in [0.4, 0.5) is 0 Å². The predicted molar refractivity (Wildman–Crippen MR) is 65.7 cm³/mol. The first kappa shape index (κ1) is 13.7. The van der Waals surface area contributed by atoms with Crippen LogP contribution in [0.1, 0.15) is 10.4 Å². The molecule has 14 heavy (non-hydrogen) atoms. The SMILES string of the molecule is Br.CNCC(Br)c1ccc(O)c(O)c1. The summed E-state index contributed by atoms with van der Waals surface area (Å²) < 4.78 is 0. The molecule has 0 aromatic heterocycles. The Morgan fingerprint density at radius 2 is 2.00 bits per heavy atom. The minimum absolute atomic E-state index is 0. The van der Waals surface area contributed by atoms with Crippen molar-refractivity contribution in [2.75, 3.05) is 13.6 Å². The number of hydrogen-bond donors (Lipinski definition) is 3. The number of hydrogen-bond acceptors (Lipinski definition) is 3. The molecule has 0 aliphatic carbocycles. The van der Waals surface area contributed by atoms with Gasteiger partial charge in [0, 0.05) is 6.54 Å². The summed E-state index contributed by atoms with van der Waals surface area (Å²) in [7, 11) is 1.86. The molecule has 0 amide bonds. The third-order valence-electron chi connectivity index (χ3n) is 1.74. The smallest absolute Gasteiger partial charge is 0.157 e. The Morgan fingerprint density at radius 1 is 1.36 bits per heavy atom. The molecule has 1 aromatic carbocycles. The Hall–Kier alpha value is -0.260. The molecule has 0 radical (unpaired) electrons. The highest BCUT2D eigenvalue weighted by Crippen LogP contribution is 2.30. The van der Waals surface area contributed by atoms with Gasteiger partial charge in [-0.2, -0.15) is 0 Å². The van der Waals surface area contributed by atoms with Crippen molar-refractivity contribution in [3.05, 3.63) is 23.8 Å². The van der Waals surface area contributed by atoms with E-state index in [-0.39, 0.29) is 33.3 Å². The van der Waals surface area contributed by atoms with Crippen LogP contribution in [0, 0.1) is 0 Å². The molecule has 0 spiro atoms. The van der Waals surface area contributed by atoms with E-state index in [0.29, 0.717) is 0 Å². The van der Waals surface area contributed by atoms with Crippen LogP contribution in [-0.2, 0) is 0 Å². The molecule has 0 saturated heterocycles. The lowest BCUT2D eigenvalue weighted by Crippen LogP contribution is -2.12. The van der Waals surface area contributed by atoms with Gasteiger partial charge in [-0.05, 0) is 24.7 Å². The van der Waals surface area contributed by atoms with Crippen LogP contribution in [0.25, 0.3) is 0 Å². The van der Waals surface area contributed by atoms with Gasteiger partial charge in [0.1, 0.15) is 0 Å². The highest BCUT2D eigenvalue weighted by molar-refractivity contribution is 9.09. The monoisotopic (exact) mass is 325 g/mol. The van der Waals surface area contributed by atoms with Crippen molar-refractivity contribution < 1.29 is 10.2 Å². The van der Waals surface area contributed by atoms with Crippen molar-refractivity contribution in [2.45, 2.75) is 4.83 Å². The number of likely N-dealkylation sites (N-methyl/N-ethyl adjacent to an activating group) is 1. The van der Waals surface area contributed by atoms with E-state index in [0.717, 1.165) is 12.1 Å². The summed E-state index contributed by atoms with van der Waals surface area (Å²) in [6.07, 6.45) is 0. The second kappa shape index (κ2) is 6.27. The van der Waals surface area contributed by atoms with Crippen molar-refractivity contribution in [3.63, 3.8) is 0 Å². The van der Waals surface area contributed by atoms with Crippen molar-refractivity contribution in [3.8, 4) is 11.5 Å². The van der Waals surface area contributed by atoms with Gasteiger partial charge in [-0.3, -0.25) is 0 Å². The molecule has 0 bridgehead atoms. The van der Waals surface area contributed by atoms with E-state index in [1.165, 1.54) is 6.07 Å². The van der Waals surface area contributed by atoms with E-state index < -0.39 is 0 Å². The number of aromatic hydroxyl groups is 2. The lowest BCUT2D eigenvalue weighted by Gasteiger charge is -2.09. The highest BCUT2D eigenvalue weighted by Gasteiger charge is 2.08. The predicted octanol–water partition coefficient (Wildman–Crippen LogP) is 2.33. The topological polar surface area (TPSA) is 52.5 Å². The fourth-order valence-electron chi connectivity index (χ4n) is 1.03. The average molecular weight is 327 g/mol. The molecule has 1 rings (SSSR count). The van der Waals surface area contributed by atoms with Crippen LogP contribution in [-0.4, -0.2) is 23.8 Å². The van der Waals surface area contributed by atoms with E-state index in [9.17, 15) is 5.11 Å². The number of phenols is 2. The number of rotatable bonds is 3. The Balaban J connectivity index is 0.00000169. The van der Waals surface area contributed by atoms with Gasteiger partial charge in [-0.1, -0.05) is 22.0 Å². The summed E-state index contributed by atoms with van der Waals surface area (Å²) in [5.41, 5.74) is 0.935. The molecule has 0 heterocycles. The molecule has 0 aliphatic heterocycles. The average Bonchev–Trinajstić information content (AvgIpc) is 2.10. The largest absolute Gasteiger partial charge is 0.504 e. The van der Waals surface area contributed by atoms with Crippen LogP contribution >= 0.6 is 32.9 Å². The van der Waals surface area contributed by atoms with Crippen molar-refractivity contribution in [2.24, 2.45) is 0 Å². The lowest BCUT2D eigenvalue weighted by molar-refractivity contribution is 0.403. The molecule has 3 N–H and O–H groups in total. The third kappa shape index (κ3) is 3.48. The molecule has 5 heteroatoms. The van der Waals surface area contributed by atoms with Gasteiger partial charge < -0.3 is 15.5 Å². The summed E-state index contributed by atoms with van der Waals surface area (Å²) in [6, 6.07) is 4.80. The quantitative estimate of drug-likeness (QED) is 0.590. The molecular weight excluding hydrogens is 314 g/mol. The summed E-state index contributed by atoms with van der Waals surface area (Å²) in [5, 5.41) is 21.3. The maximum absolute atomic E-state index is 9.23. The van der Waals surface area contributed by atoms with Crippen LogP contribution < -0.4 is 5.32 Å². The van der Waals surface area contributed by atoms with Crippen molar-refractivity contribution in [1.29, 1.82) is 0 Å².